The van der Waals surface area contributed by atoms with Gasteiger partial charge in [0.2, 0.25) is 21.9 Å². The Hall–Kier alpha value is -3.87. The average Bonchev–Trinajstić information content (AvgIpc) is 2.81. The highest BCUT2D eigenvalue weighted by atomic mass is 32.2. The van der Waals surface area contributed by atoms with Crippen LogP contribution in [0.25, 0.3) is 0 Å². The molecule has 0 saturated carbocycles. The third-order valence-corrected chi connectivity index (χ3v) is 6.82. The van der Waals surface area contributed by atoms with Gasteiger partial charge in [-0.25, -0.2) is 13.4 Å². The van der Waals surface area contributed by atoms with Crippen LogP contribution in [-0.2, 0) is 34.0 Å². The van der Waals surface area contributed by atoms with E-state index < -0.39 is 27.6 Å². The molecule has 0 aliphatic carbocycles. The van der Waals surface area contributed by atoms with Crippen molar-refractivity contribution in [2.75, 3.05) is 33.6 Å². The predicted molar refractivity (Wildman–Crippen MR) is 131 cm³/mol. The maximum atomic E-state index is 13.7. The molecular formula is C23H23F3N6O3S. The number of fused-ring (bicyclic) bond motifs is 1. The molecule has 36 heavy (non-hydrogen) atoms. The molecule has 1 amide bonds. The summed E-state index contributed by atoms with van der Waals surface area (Å²) in [4.78, 5) is 19.5. The number of nitrogens with one attached hydrogen (secondary N) is 3. The monoisotopic (exact) mass is 520 g/mol. The lowest BCUT2D eigenvalue weighted by Gasteiger charge is -2.21. The Labute approximate surface area is 205 Å². The maximum Gasteiger partial charge on any atom is 0.421 e. The van der Waals surface area contributed by atoms with Crippen LogP contribution in [0, 0.1) is 0 Å². The minimum Gasteiger partial charge on any atom is -0.365 e. The largest absolute Gasteiger partial charge is 0.421 e. The highest BCUT2D eigenvalue weighted by molar-refractivity contribution is 7.92. The molecule has 1 aliphatic rings. The van der Waals surface area contributed by atoms with Gasteiger partial charge in [0.25, 0.3) is 0 Å². The third kappa shape index (κ3) is 5.67. The molecule has 1 aliphatic heterocycles. The van der Waals surface area contributed by atoms with Crippen LogP contribution in [-0.4, -0.2) is 37.6 Å². The summed E-state index contributed by atoms with van der Waals surface area (Å²) in [7, 11) is -2.22. The first-order chi connectivity index (χ1) is 16.9. The van der Waals surface area contributed by atoms with Crippen LogP contribution in [0.1, 0.15) is 23.1 Å². The van der Waals surface area contributed by atoms with Crippen molar-refractivity contribution in [2.45, 2.75) is 25.6 Å². The molecule has 3 N–H and O–H groups in total. The van der Waals surface area contributed by atoms with Gasteiger partial charge in [0.15, 0.2) is 0 Å². The number of sulfonamides is 1. The van der Waals surface area contributed by atoms with E-state index in [1.165, 1.54) is 7.05 Å². The molecule has 0 fully saturated rings. The Morgan fingerprint density at radius 3 is 2.61 bits per heavy atom. The molecule has 1 aromatic heterocycles. The van der Waals surface area contributed by atoms with Crippen LogP contribution in [0.2, 0.25) is 0 Å². The summed E-state index contributed by atoms with van der Waals surface area (Å²) in [5.41, 5.74) is 1.77. The van der Waals surface area contributed by atoms with Gasteiger partial charge in [-0.1, -0.05) is 24.3 Å². The van der Waals surface area contributed by atoms with E-state index in [9.17, 15) is 26.4 Å². The molecule has 9 nitrogen and oxygen atoms in total. The van der Waals surface area contributed by atoms with Crippen LogP contribution >= 0.6 is 0 Å². The van der Waals surface area contributed by atoms with Crippen molar-refractivity contribution in [3.8, 4) is 0 Å². The third-order valence-electron chi connectivity index (χ3n) is 5.63. The minimum absolute atomic E-state index is 0.0888. The van der Waals surface area contributed by atoms with Gasteiger partial charge in [-0.15, -0.1) is 0 Å². The van der Waals surface area contributed by atoms with Crippen LogP contribution in [0.4, 0.5) is 42.0 Å². The zero-order chi connectivity index (χ0) is 26.1. The number of halogens is 3. The Morgan fingerprint density at radius 2 is 1.89 bits per heavy atom. The number of alkyl halides is 3. The zero-order valence-corrected chi connectivity index (χ0v) is 20.2. The first kappa shape index (κ1) is 25.2. The van der Waals surface area contributed by atoms with E-state index in [2.05, 4.69) is 25.9 Å². The minimum atomic E-state index is -4.72. The Balaban J connectivity index is 1.61. The summed E-state index contributed by atoms with van der Waals surface area (Å²) in [5, 5.41) is 8.30. The summed E-state index contributed by atoms with van der Waals surface area (Å²) >= 11 is 0. The fourth-order valence-electron chi connectivity index (χ4n) is 3.69. The normalized spacial score (nSPS) is 13.5. The van der Waals surface area contributed by atoms with Crippen molar-refractivity contribution in [1.29, 1.82) is 0 Å². The molecule has 2 aromatic carbocycles. The van der Waals surface area contributed by atoms with Crippen LogP contribution in [0.5, 0.6) is 0 Å². The summed E-state index contributed by atoms with van der Waals surface area (Å²) in [6, 6.07) is 11.7. The number of anilines is 5. The number of carbonyl (C=O) groups excluding carboxylic acids is 1. The number of para-hydroxylation sites is 1. The number of rotatable bonds is 7. The van der Waals surface area contributed by atoms with E-state index >= 15 is 0 Å². The fourth-order valence-corrected chi connectivity index (χ4v) is 4.22. The number of aryl methyl sites for hydroxylation is 1. The van der Waals surface area contributed by atoms with Gasteiger partial charge >= 0.3 is 6.18 Å². The topological polar surface area (TPSA) is 116 Å². The standard InChI is InChI=1S/C23H23F3N6O3S/c1-32(36(2,34)35)19-6-4-3-5-15(19)12-27-21-17(23(24,25)26)13-28-22(31-21)29-16-9-7-14-8-10-20(33)30-18(14)11-16/h3-7,9,11,13H,8,10,12H2,1-2H3,(H,30,33)(H2,27,28,29,31). The van der Waals surface area contributed by atoms with Gasteiger partial charge in [-0.05, 0) is 35.7 Å². The van der Waals surface area contributed by atoms with Crippen LogP contribution in [0.3, 0.4) is 0 Å². The molecule has 0 spiro atoms. The molecule has 4 rings (SSSR count). The van der Waals surface area contributed by atoms with Crippen molar-refractivity contribution in [2.24, 2.45) is 0 Å². The number of hydrogen-bond donors (Lipinski definition) is 3. The van der Waals surface area contributed by atoms with Gasteiger partial charge in [0, 0.05) is 37.6 Å². The molecule has 13 heteroatoms. The number of aromatic nitrogens is 2. The molecule has 0 saturated heterocycles. The summed E-state index contributed by atoms with van der Waals surface area (Å²) in [6.45, 7) is -0.125. The lowest BCUT2D eigenvalue weighted by molar-refractivity contribution is -0.137. The lowest BCUT2D eigenvalue weighted by Crippen LogP contribution is -2.26. The van der Waals surface area contributed by atoms with E-state index in [0.29, 0.717) is 41.7 Å². The molecule has 0 bridgehead atoms. The maximum absolute atomic E-state index is 13.7. The van der Waals surface area contributed by atoms with E-state index in [1.807, 2.05) is 6.07 Å². The van der Waals surface area contributed by atoms with Crippen molar-refractivity contribution in [3.05, 3.63) is 65.4 Å². The lowest BCUT2D eigenvalue weighted by atomic mass is 10.0. The fraction of sp³-hybridized carbons (Fsp3) is 0.261. The molecular weight excluding hydrogens is 497 g/mol. The van der Waals surface area contributed by atoms with Gasteiger partial charge in [0.05, 0.1) is 11.9 Å². The van der Waals surface area contributed by atoms with Crippen molar-refractivity contribution < 1.29 is 26.4 Å². The van der Waals surface area contributed by atoms with E-state index in [1.54, 1.807) is 36.4 Å². The molecule has 0 atom stereocenters. The van der Waals surface area contributed by atoms with Gasteiger partial charge in [-0.3, -0.25) is 9.10 Å². The average molecular weight is 521 g/mol. The van der Waals surface area contributed by atoms with Crippen molar-refractivity contribution >= 4 is 44.8 Å². The first-order valence-corrected chi connectivity index (χ1v) is 12.7. The van der Waals surface area contributed by atoms with Crippen molar-refractivity contribution in [3.63, 3.8) is 0 Å². The smallest absolute Gasteiger partial charge is 0.365 e. The number of amides is 1. The molecule has 2 heterocycles. The second-order valence-corrected chi connectivity index (χ2v) is 10.2. The summed E-state index contributed by atoms with van der Waals surface area (Å²) in [6.07, 6.45) is -2.03. The first-order valence-electron chi connectivity index (χ1n) is 10.8. The number of benzene rings is 2. The van der Waals surface area contributed by atoms with Crippen molar-refractivity contribution in [1.82, 2.24) is 9.97 Å². The predicted octanol–water partition coefficient (Wildman–Crippen LogP) is 4.13. The number of nitrogens with zero attached hydrogens (tertiary/aromatic N) is 3. The van der Waals surface area contributed by atoms with E-state index in [0.717, 1.165) is 16.1 Å². The molecule has 190 valence electrons. The Morgan fingerprint density at radius 1 is 1.14 bits per heavy atom. The van der Waals surface area contributed by atoms with Crippen LogP contribution in [0.15, 0.2) is 48.7 Å². The highest BCUT2D eigenvalue weighted by Gasteiger charge is 2.35. The number of carbonyl (C=O) groups is 1. The Kier molecular flexibility index (Phi) is 6.76. The van der Waals surface area contributed by atoms with E-state index in [4.69, 9.17) is 0 Å². The Bertz CT molecular complexity index is 1410. The second-order valence-electron chi connectivity index (χ2n) is 8.21. The van der Waals surface area contributed by atoms with Gasteiger partial charge in [-0.2, -0.15) is 18.2 Å². The summed E-state index contributed by atoms with van der Waals surface area (Å²) in [5.74, 6) is -0.670. The molecule has 3 aromatic rings. The quantitative estimate of drug-likeness (QED) is 0.429. The summed E-state index contributed by atoms with van der Waals surface area (Å²) < 4.78 is 66.0. The molecule has 0 unspecified atom stereocenters. The zero-order valence-electron chi connectivity index (χ0n) is 19.3. The second kappa shape index (κ2) is 9.64. The van der Waals surface area contributed by atoms with Gasteiger partial charge in [0.1, 0.15) is 11.4 Å². The van der Waals surface area contributed by atoms with E-state index in [-0.39, 0.29) is 18.4 Å². The highest BCUT2D eigenvalue weighted by Crippen LogP contribution is 2.35. The molecule has 0 radical (unpaired) electrons. The van der Waals surface area contributed by atoms with Gasteiger partial charge < -0.3 is 16.0 Å². The SMILES string of the molecule is CN(c1ccccc1CNc1nc(Nc2ccc3c(c2)NC(=O)CC3)ncc1C(F)(F)F)S(C)(=O)=O. The van der Waals surface area contributed by atoms with Crippen LogP contribution < -0.4 is 20.3 Å². The number of hydrogen-bond acceptors (Lipinski definition) is 7.